The van der Waals surface area contributed by atoms with Crippen molar-refractivity contribution in [3.05, 3.63) is 65.2 Å². The van der Waals surface area contributed by atoms with Gasteiger partial charge in [0.2, 0.25) is 5.91 Å². The molecule has 0 spiro atoms. The van der Waals surface area contributed by atoms with Crippen LogP contribution in [0.15, 0.2) is 48.5 Å². The molecule has 0 aliphatic carbocycles. The van der Waals surface area contributed by atoms with Crippen LogP contribution in [0, 0.1) is 13.8 Å². The maximum atomic E-state index is 13.6. The first kappa shape index (κ1) is 27.9. The second-order valence-electron chi connectivity index (χ2n) is 9.53. The van der Waals surface area contributed by atoms with Crippen LogP contribution in [-0.2, 0) is 14.3 Å². The van der Waals surface area contributed by atoms with Gasteiger partial charge in [0.1, 0.15) is 17.7 Å². The van der Waals surface area contributed by atoms with Gasteiger partial charge in [0.25, 0.3) is 5.91 Å². The van der Waals surface area contributed by atoms with Crippen LogP contribution in [0.25, 0.3) is 0 Å². The summed E-state index contributed by atoms with van der Waals surface area (Å²) in [5, 5.41) is 15.3. The lowest BCUT2D eigenvalue weighted by Crippen LogP contribution is -2.54. The number of aliphatic hydroxyl groups excluding tert-OH is 1. The summed E-state index contributed by atoms with van der Waals surface area (Å²) in [5.74, 6) is -0.965. The first-order valence-corrected chi connectivity index (χ1v) is 11.8. The molecule has 0 heterocycles. The third kappa shape index (κ3) is 8.10. The van der Waals surface area contributed by atoms with E-state index in [-0.39, 0.29) is 12.5 Å². The number of aryl methyl sites for hydroxylation is 2. The van der Waals surface area contributed by atoms with E-state index in [1.807, 2.05) is 57.2 Å². The van der Waals surface area contributed by atoms with Gasteiger partial charge >= 0.3 is 6.09 Å². The summed E-state index contributed by atoms with van der Waals surface area (Å²) in [6.07, 6.45) is -0.256. The zero-order valence-corrected chi connectivity index (χ0v) is 21.4. The number of hydrogen-bond acceptors (Lipinski definition) is 5. The number of carbonyl (C=O) groups excluding carboxylic acids is 3. The predicted molar refractivity (Wildman–Crippen MR) is 136 cm³/mol. The van der Waals surface area contributed by atoms with E-state index in [0.29, 0.717) is 17.7 Å². The molecule has 2 atom stereocenters. The molecule has 3 amide bonds. The van der Waals surface area contributed by atoms with Gasteiger partial charge in [-0.05, 0) is 58.2 Å². The molecule has 190 valence electrons. The van der Waals surface area contributed by atoms with Crippen LogP contribution in [0.2, 0.25) is 0 Å². The number of benzene rings is 2. The Morgan fingerprint density at radius 1 is 1.06 bits per heavy atom. The standard InChI is InChI=1S/C27H37N3O5/c1-7-15-30(25(33)22(17-31)29-26(34)35-27(4,5)6)23(20-13-10-11-18(2)16-20)24(32)28-21-14-9-8-12-19(21)3/h8-14,16,22-23,31H,7,15,17H2,1-6H3,(H,28,32)(H,29,34). The Morgan fingerprint density at radius 3 is 2.31 bits per heavy atom. The largest absolute Gasteiger partial charge is 0.444 e. The average Bonchev–Trinajstić information content (AvgIpc) is 2.77. The molecule has 0 aliphatic rings. The summed E-state index contributed by atoms with van der Waals surface area (Å²) in [7, 11) is 0. The molecule has 3 N–H and O–H groups in total. The summed E-state index contributed by atoms with van der Waals surface area (Å²) in [5.41, 5.74) is 2.33. The molecule has 0 aromatic heterocycles. The number of ether oxygens (including phenoxy) is 1. The molecule has 0 radical (unpaired) electrons. The van der Waals surface area contributed by atoms with E-state index in [0.717, 1.165) is 11.1 Å². The van der Waals surface area contributed by atoms with Crippen LogP contribution >= 0.6 is 0 Å². The van der Waals surface area contributed by atoms with Crippen molar-refractivity contribution in [3.8, 4) is 0 Å². The van der Waals surface area contributed by atoms with E-state index in [9.17, 15) is 19.5 Å². The highest BCUT2D eigenvalue weighted by Gasteiger charge is 2.36. The van der Waals surface area contributed by atoms with Gasteiger partial charge in [0, 0.05) is 12.2 Å². The third-order valence-electron chi connectivity index (χ3n) is 5.24. The van der Waals surface area contributed by atoms with Gasteiger partial charge in [-0.2, -0.15) is 0 Å². The number of carbonyl (C=O) groups is 3. The number of rotatable bonds is 9. The summed E-state index contributed by atoms with van der Waals surface area (Å²) in [6.45, 7) is 10.4. The minimum Gasteiger partial charge on any atom is -0.444 e. The SMILES string of the molecule is CCCN(C(=O)C(CO)NC(=O)OC(C)(C)C)C(C(=O)Nc1ccccc1C)c1cccc(C)c1. The van der Waals surface area contributed by atoms with Gasteiger partial charge in [-0.15, -0.1) is 0 Å². The van der Waals surface area contributed by atoms with Crippen molar-refractivity contribution in [3.63, 3.8) is 0 Å². The predicted octanol–water partition coefficient (Wildman–Crippen LogP) is 4.11. The van der Waals surface area contributed by atoms with E-state index in [1.54, 1.807) is 32.9 Å². The molecular formula is C27H37N3O5. The molecule has 8 nitrogen and oxygen atoms in total. The molecule has 0 bridgehead atoms. The van der Waals surface area contributed by atoms with E-state index in [1.165, 1.54) is 4.90 Å². The Balaban J connectivity index is 2.44. The zero-order valence-electron chi connectivity index (χ0n) is 21.4. The van der Waals surface area contributed by atoms with Crippen LogP contribution in [-0.4, -0.2) is 52.7 Å². The van der Waals surface area contributed by atoms with Gasteiger partial charge < -0.3 is 25.4 Å². The molecule has 0 saturated carbocycles. The van der Waals surface area contributed by atoms with E-state index < -0.39 is 36.3 Å². The van der Waals surface area contributed by atoms with Crippen LogP contribution in [0.3, 0.4) is 0 Å². The topological polar surface area (TPSA) is 108 Å². The fraction of sp³-hybridized carbons (Fsp3) is 0.444. The lowest BCUT2D eigenvalue weighted by Gasteiger charge is -2.34. The number of aliphatic hydroxyl groups is 1. The molecule has 2 unspecified atom stereocenters. The first-order chi connectivity index (χ1) is 16.5. The second kappa shape index (κ2) is 12.4. The molecule has 8 heteroatoms. The summed E-state index contributed by atoms with van der Waals surface area (Å²) in [4.78, 5) is 41.0. The minimum absolute atomic E-state index is 0.241. The molecular weight excluding hydrogens is 446 g/mol. The van der Waals surface area contributed by atoms with Crippen molar-refractivity contribution in [2.24, 2.45) is 0 Å². The fourth-order valence-electron chi connectivity index (χ4n) is 3.67. The van der Waals surface area contributed by atoms with Crippen molar-refractivity contribution in [1.29, 1.82) is 0 Å². The molecule has 0 saturated heterocycles. The highest BCUT2D eigenvalue weighted by Crippen LogP contribution is 2.26. The number of para-hydroxylation sites is 1. The van der Waals surface area contributed by atoms with Crippen LogP contribution < -0.4 is 10.6 Å². The maximum Gasteiger partial charge on any atom is 0.408 e. The third-order valence-corrected chi connectivity index (χ3v) is 5.24. The molecule has 2 rings (SSSR count). The Bertz CT molecular complexity index is 1030. The van der Waals surface area contributed by atoms with Gasteiger partial charge in [-0.25, -0.2) is 4.79 Å². The monoisotopic (exact) mass is 483 g/mol. The van der Waals surface area contributed by atoms with E-state index in [2.05, 4.69) is 10.6 Å². The van der Waals surface area contributed by atoms with E-state index in [4.69, 9.17) is 4.74 Å². The summed E-state index contributed by atoms with van der Waals surface area (Å²) >= 11 is 0. The fourth-order valence-corrected chi connectivity index (χ4v) is 3.67. The van der Waals surface area contributed by atoms with Crippen molar-refractivity contribution in [2.75, 3.05) is 18.5 Å². The number of hydrogen-bond donors (Lipinski definition) is 3. The smallest absolute Gasteiger partial charge is 0.408 e. The normalized spacial score (nSPS) is 12.9. The van der Waals surface area contributed by atoms with Crippen molar-refractivity contribution in [1.82, 2.24) is 10.2 Å². The summed E-state index contributed by atoms with van der Waals surface area (Å²) in [6, 6.07) is 12.5. The Morgan fingerprint density at radius 2 is 1.74 bits per heavy atom. The Labute approximate surface area is 207 Å². The minimum atomic E-state index is -1.27. The number of amides is 3. The Kier molecular flexibility index (Phi) is 9.83. The quantitative estimate of drug-likeness (QED) is 0.498. The lowest BCUT2D eigenvalue weighted by molar-refractivity contribution is -0.141. The van der Waals surface area contributed by atoms with Crippen LogP contribution in [0.5, 0.6) is 0 Å². The van der Waals surface area contributed by atoms with Gasteiger partial charge in [0.15, 0.2) is 0 Å². The number of nitrogens with one attached hydrogen (secondary N) is 2. The molecule has 2 aromatic rings. The molecule has 0 fully saturated rings. The van der Waals surface area contributed by atoms with Crippen molar-refractivity contribution >= 4 is 23.6 Å². The lowest BCUT2D eigenvalue weighted by atomic mass is 10.0. The first-order valence-electron chi connectivity index (χ1n) is 11.8. The Hall–Kier alpha value is -3.39. The van der Waals surface area contributed by atoms with Gasteiger partial charge in [0.05, 0.1) is 6.61 Å². The zero-order chi connectivity index (χ0) is 26.2. The number of alkyl carbamates (subject to hydrolysis) is 1. The molecule has 0 aliphatic heterocycles. The van der Waals surface area contributed by atoms with E-state index >= 15 is 0 Å². The molecule has 2 aromatic carbocycles. The highest BCUT2D eigenvalue weighted by molar-refractivity contribution is 5.99. The summed E-state index contributed by atoms with van der Waals surface area (Å²) < 4.78 is 5.25. The van der Waals surface area contributed by atoms with Crippen LogP contribution in [0.4, 0.5) is 10.5 Å². The van der Waals surface area contributed by atoms with Crippen molar-refractivity contribution in [2.45, 2.75) is 65.6 Å². The second-order valence-corrected chi connectivity index (χ2v) is 9.53. The highest BCUT2D eigenvalue weighted by atomic mass is 16.6. The van der Waals surface area contributed by atoms with Gasteiger partial charge in [-0.3, -0.25) is 9.59 Å². The average molecular weight is 484 g/mol. The van der Waals surface area contributed by atoms with Crippen molar-refractivity contribution < 1.29 is 24.2 Å². The number of anilines is 1. The number of nitrogens with zero attached hydrogens (tertiary/aromatic N) is 1. The molecule has 35 heavy (non-hydrogen) atoms. The van der Waals surface area contributed by atoms with Crippen LogP contribution in [0.1, 0.15) is 56.8 Å². The maximum absolute atomic E-state index is 13.6. The van der Waals surface area contributed by atoms with Gasteiger partial charge in [-0.1, -0.05) is 55.0 Å².